The third-order valence-corrected chi connectivity index (χ3v) is 3.25. The Labute approximate surface area is 127 Å². The highest BCUT2D eigenvalue weighted by atomic mass is 16.5. The Bertz CT molecular complexity index is 358. The summed E-state index contributed by atoms with van der Waals surface area (Å²) in [6, 6.07) is 0. The van der Waals surface area contributed by atoms with Gasteiger partial charge in [0.05, 0.1) is 18.6 Å². The zero-order chi connectivity index (χ0) is 16.4. The molecule has 0 fully saturated rings. The van der Waals surface area contributed by atoms with E-state index in [1.54, 1.807) is 7.11 Å². The molecule has 0 unspecified atom stereocenters. The molecule has 1 N–H and O–H groups in total. The largest absolute Gasteiger partial charge is 0.379 e. The van der Waals surface area contributed by atoms with Gasteiger partial charge < -0.3 is 19.7 Å². The van der Waals surface area contributed by atoms with E-state index in [2.05, 4.69) is 11.9 Å². The van der Waals surface area contributed by atoms with E-state index >= 15 is 0 Å². The van der Waals surface area contributed by atoms with Crippen LogP contribution < -0.4 is 5.32 Å². The molecule has 21 heavy (non-hydrogen) atoms. The lowest BCUT2D eigenvalue weighted by atomic mass is 10.2. The molecule has 0 bridgehead atoms. The molecule has 0 rings (SSSR count). The molecule has 1 amide bonds. The number of carbonyl (C=O) groups excluding carboxylic acids is 2. The number of hydrogen-bond donors (Lipinski definition) is 1. The van der Waals surface area contributed by atoms with Gasteiger partial charge in [-0.3, -0.25) is 9.59 Å². The van der Waals surface area contributed by atoms with Crippen molar-refractivity contribution in [2.45, 2.75) is 38.9 Å². The minimum absolute atomic E-state index is 0.0361. The monoisotopic (exact) mass is 300 g/mol. The summed E-state index contributed by atoms with van der Waals surface area (Å²) in [7, 11) is 5.01. The molecule has 122 valence electrons. The van der Waals surface area contributed by atoms with Crippen molar-refractivity contribution in [1.29, 1.82) is 0 Å². The van der Waals surface area contributed by atoms with Crippen LogP contribution in [0.1, 0.15) is 26.7 Å². The normalized spacial score (nSPS) is 13.4. The molecule has 0 aliphatic heterocycles. The van der Waals surface area contributed by atoms with Crippen molar-refractivity contribution < 1.29 is 19.1 Å². The second kappa shape index (κ2) is 10.3. The van der Waals surface area contributed by atoms with Crippen LogP contribution in [0.15, 0.2) is 12.3 Å². The maximum Gasteiger partial charge on any atom is 0.222 e. The molecule has 0 radical (unpaired) electrons. The highest BCUT2D eigenvalue weighted by Crippen LogP contribution is 2.05. The third-order valence-electron chi connectivity index (χ3n) is 3.25. The summed E-state index contributed by atoms with van der Waals surface area (Å²) < 4.78 is 10.5. The van der Waals surface area contributed by atoms with Crippen molar-refractivity contribution in [3.8, 4) is 0 Å². The molecule has 6 heteroatoms. The molecule has 0 saturated carbocycles. The maximum atomic E-state index is 11.9. The van der Waals surface area contributed by atoms with Gasteiger partial charge in [0.1, 0.15) is 5.78 Å². The minimum Gasteiger partial charge on any atom is -0.379 e. The predicted molar refractivity (Wildman–Crippen MR) is 82.0 cm³/mol. The lowest BCUT2D eigenvalue weighted by Gasteiger charge is -2.24. The third kappa shape index (κ3) is 9.20. The van der Waals surface area contributed by atoms with Crippen LogP contribution in [0.4, 0.5) is 0 Å². The second-order valence-electron chi connectivity index (χ2n) is 5.25. The smallest absolute Gasteiger partial charge is 0.222 e. The molecule has 0 spiro atoms. The van der Waals surface area contributed by atoms with E-state index in [1.165, 1.54) is 14.0 Å². The van der Waals surface area contributed by atoms with Crippen molar-refractivity contribution in [2.75, 3.05) is 34.4 Å². The van der Waals surface area contributed by atoms with Crippen molar-refractivity contribution in [2.24, 2.45) is 0 Å². The van der Waals surface area contributed by atoms with Crippen molar-refractivity contribution in [1.82, 2.24) is 10.2 Å². The van der Waals surface area contributed by atoms with Crippen molar-refractivity contribution >= 4 is 11.7 Å². The molecule has 0 aliphatic rings. The Hall–Kier alpha value is -1.40. The molecule has 0 aromatic heterocycles. The molecule has 0 aromatic carbocycles. The standard InChI is InChI=1S/C15H28N2O4/c1-11(2)17(4)10-14(21-6)8-15(19)16-9-13(20-5)7-12(3)18/h13-14H,1,7-10H2,2-6H3,(H,16,19)/t13-,14-/m1/s1. The van der Waals surface area contributed by atoms with E-state index in [-0.39, 0.29) is 30.3 Å². The van der Waals surface area contributed by atoms with Gasteiger partial charge in [-0.15, -0.1) is 0 Å². The van der Waals surface area contributed by atoms with Crippen molar-refractivity contribution in [3.63, 3.8) is 0 Å². The summed E-state index contributed by atoms with van der Waals surface area (Å²) in [5.41, 5.74) is 0.915. The number of likely N-dealkylation sites (N-methyl/N-ethyl adjacent to an activating group) is 1. The van der Waals surface area contributed by atoms with Crippen LogP contribution in [0.2, 0.25) is 0 Å². The quantitative estimate of drug-likeness (QED) is 0.616. The van der Waals surface area contributed by atoms with E-state index in [4.69, 9.17) is 9.47 Å². The molecule has 2 atom stereocenters. The van der Waals surface area contributed by atoms with Gasteiger partial charge in [0.25, 0.3) is 0 Å². The summed E-state index contributed by atoms with van der Waals surface area (Å²) in [4.78, 5) is 24.9. The Morgan fingerprint density at radius 1 is 1.14 bits per heavy atom. The van der Waals surface area contributed by atoms with Gasteiger partial charge in [-0.05, 0) is 13.8 Å². The number of nitrogens with one attached hydrogen (secondary N) is 1. The molecule has 0 aromatic rings. The van der Waals surface area contributed by atoms with Gasteiger partial charge in [0.15, 0.2) is 0 Å². The minimum atomic E-state index is -0.287. The van der Waals surface area contributed by atoms with Crippen LogP contribution in [0.5, 0.6) is 0 Å². The van der Waals surface area contributed by atoms with Crippen LogP contribution in [0.3, 0.4) is 0 Å². The number of rotatable bonds is 11. The SMILES string of the molecule is C=C(C)N(C)C[C@@H](CC(=O)NC[C@@H](CC(C)=O)OC)OC. The van der Waals surface area contributed by atoms with E-state index in [9.17, 15) is 9.59 Å². The summed E-state index contributed by atoms with van der Waals surface area (Å²) in [5, 5.41) is 2.77. The highest BCUT2D eigenvalue weighted by molar-refractivity contribution is 5.77. The first kappa shape index (κ1) is 19.6. The fourth-order valence-corrected chi connectivity index (χ4v) is 1.75. The second-order valence-corrected chi connectivity index (χ2v) is 5.25. The van der Waals surface area contributed by atoms with Crippen LogP contribution in [-0.2, 0) is 19.1 Å². The van der Waals surface area contributed by atoms with E-state index in [1.807, 2.05) is 18.9 Å². The van der Waals surface area contributed by atoms with Gasteiger partial charge in [-0.1, -0.05) is 6.58 Å². The molecule has 0 saturated heterocycles. The summed E-state index contributed by atoms with van der Waals surface area (Å²) >= 11 is 0. The van der Waals surface area contributed by atoms with Crippen LogP contribution in [0.25, 0.3) is 0 Å². The van der Waals surface area contributed by atoms with Gasteiger partial charge in [0, 0.05) is 46.5 Å². The molecular formula is C15H28N2O4. The molecule has 6 nitrogen and oxygen atoms in total. The number of allylic oxidation sites excluding steroid dienone is 1. The highest BCUT2D eigenvalue weighted by Gasteiger charge is 2.17. The number of Topliss-reactive ketones (excluding diaryl/α,β-unsaturated/α-hetero) is 1. The fourth-order valence-electron chi connectivity index (χ4n) is 1.75. The Balaban J connectivity index is 4.20. The topological polar surface area (TPSA) is 67.9 Å². The lowest BCUT2D eigenvalue weighted by molar-refractivity contribution is -0.125. The van der Waals surface area contributed by atoms with E-state index < -0.39 is 0 Å². The van der Waals surface area contributed by atoms with Crippen LogP contribution in [0, 0.1) is 0 Å². The summed E-state index contributed by atoms with van der Waals surface area (Å²) in [6.45, 7) is 8.16. The number of ketones is 1. The number of carbonyl (C=O) groups is 2. The predicted octanol–water partition coefficient (Wildman–Crippen LogP) is 0.967. The van der Waals surface area contributed by atoms with Gasteiger partial charge in [-0.25, -0.2) is 0 Å². The van der Waals surface area contributed by atoms with Crippen molar-refractivity contribution in [3.05, 3.63) is 12.3 Å². The lowest BCUT2D eigenvalue weighted by Crippen LogP contribution is -2.38. The van der Waals surface area contributed by atoms with Gasteiger partial charge in [-0.2, -0.15) is 0 Å². The van der Waals surface area contributed by atoms with E-state index in [0.717, 1.165) is 5.70 Å². The number of hydrogen-bond acceptors (Lipinski definition) is 5. The number of amides is 1. The Morgan fingerprint density at radius 2 is 1.71 bits per heavy atom. The number of ether oxygens (including phenoxy) is 2. The zero-order valence-corrected chi connectivity index (χ0v) is 13.8. The average Bonchev–Trinajstić information content (AvgIpc) is 2.41. The van der Waals surface area contributed by atoms with E-state index in [0.29, 0.717) is 19.5 Å². The molecule has 0 heterocycles. The first-order chi connectivity index (χ1) is 9.79. The Kier molecular flexibility index (Phi) is 9.65. The van der Waals surface area contributed by atoms with Crippen LogP contribution in [-0.4, -0.2) is 63.2 Å². The van der Waals surface area contributed by atoms with Gasteiger partial charge >= 0.3 is 0 Å². The zero-order valence-electron chi connectivity index (χ0n) is 13.8. The first-order valence-electron chi connectivity index (χ1n) is 6.98. The average molecular weight is 300 g/mol. The maximum absolute atomic E-state index is 11.9. The number of nitrogens with zero attached hydrogens (tertiary/aromatic N) is 1. The summed E-state index contributed by atoms with van der Waals surface area (Å²) in [5.74, 6) is -0.0866. The fraction of sp³-hybridized carbons (Fsp3) is 0.733. The molecular weight excluding hydrogens is 272 g/mol. The Morgan fingerprint density at radius 3 is 2.14 bits per heavy atom. The number of methoxy groups -OCH3 is 2. The first-order valence-corrected chi connectivity index (χ1v) is 6.98. The van der Waals surface area contributed by atoms with Gasteiger partial charge in [0.2, 0.25) is 5.91 Å². The van der Waals surface area contributed by atoms with Crippen LogP contribution >= 0.6 is 0 Å². The summed E-state index contributed by atoms with van der Waals surface area (Å²) in [6.07, 6.45) is 0.0547. The molecule has 0 aliphatic carbocycles.